The van der Waals surface area contributed by atoms with Gasteiger partial charge >= 0.3 is 0 Å². The van der Waals surface area contributed by atoms with E-state index in [0.29, 0.717) is 0 Å². The normalized spacial score (nSPS) is 14.9. The van der Waals surface area contributed by atoms with Crippen LogP contribution >= 0.6 is 22.7 Å². The second kappa shape index (κ2) is 8.23. The molecule has 4 aromatic rings. The molecule has 0 N–H and O–H groups in total. The van der Waals surface area contributed by atoms with Crippen LogP contribution in [0.4, 0.5) is 0 Å². The molecule has 0 fully saturated rings. The van der Waals surface area contributed by atoms with Crippen molar-refractivity contribution in [2.75, 3.05) is 0 Å². The molecular weight excluding hydrogens is 404 g/mol. The van der Waals surface area contributed by atoms with Crippen LogP contribution in [-0.4, -0.2) is 5.78 Å². The Morgan fingerprint density at radius 2 is 1.60 bits per heavy atom. The average molecular weight is 423 g/mol. The van der Waals surface area contributed by atoms with Gasteiger partial charge in [-0.1, -0.05) is 72.8 Å². The standard InChI is InChI=1S/C27H18OS2/c28-24-15-12-20-9-4-5-10-21(20)23(24)14-13-22(19-7-2-1-3-8-19)25-16-17-27(30-25)26-11-6-18-29-26/h1-18H/b22-13-,23-14-. The smallest absolute Gasteiger partial charge is 0.186 e. The first-order valence-corrected chi connectivity index (χ1v) is 11.4. The summed E-state index contributed by atoms with van der Waals surface area (Å²) in [6.07, 6.45) is 7.60. The highest BCUT2D eigenvalue weighted by atomic mass is 32.1. The zero-order valence-electron chi connectivity index (χ0n) is 16.1. The van der Waals surface area contributed by atoms with Crippen molar-refractivity contribution in [2.45, 2.75) is 0 Å². The molecule has 5 rings (SSSR count). The van der Waals surface area contributed by atoms with E-state index in [4.69, 9.17) is 0 Å². The Morgan fingerprint density at radius 1 is 0.767 bits per heavy atom. The Balaban J connectivity index is 1.61. The summed E-state index contributed by atoms with van der Waals surface area (Å²) < 4.78 is 0. The lowest BCUT2D eigenvalue weighted by Crippen LogP contribution is -2.04. The highest BCUT2D eigenvalue weighted by Crippen LogP contribution is 2.37. The van der Waals surface area contributed by atoms with Gasteiger partial charge in [-0.25, -0.2) is 0 Å². The molecule has 0 spiro atoms. The fraction of sp³-hybridized carbons (Fsp3) is 0. The molecule has 1 aliphatic rings. The molecule has 0 bridgehead atoms. The van der Waals surface area contributed by atoms with Crippen LogP contribution in [0.1, 0.15) is 21.6 Å². The molecule has 2 aromatic carbocycles. The number of fused-ring (bicyclic) bond motifs is 1. The number of thiophene rings is 2. The minimum absolute atomic E-state index is 0.0443. The van der Waals surface area contributed by atoms with Crippen molar-refractivity contribution in [2.24, 2.45) is 0 Å². The molecule has 0 radical (unpaired) electrons. The molecule has 30 heavy (non-hydrogen) atoms. The summed E-state index contributed by atoms with van der Waals surface area (Å²) >= 11 is 3.53. The summed E-state index contributed by atoms with van der Waals surface area (Å²) in [4.78, 5) is 16.3. The first-order chi connectivity index (χ1) is 14.8. The SMILES string of the molecule is O=C1C=Cc2ccccc2/C1=C/C=C(/c1ccccc1)c1ccc(-c2cccs2)s1. The van der Waals surface area contributed by atoms with E-state index in [0.717, 1.165) is 27.8 Å². The third kappa shape index (κ3) is 3.65. The topological polar surface area (TPSA) is 17.1 Å². The highest BCUT2D eigenvalue weighted by Gasteiger charge is 2.16. The Bertz CT molecular complexity index is 1290. The van der Waals surface area contributed by atoms with Gasteiger partial charge in [-0.05, 0) is 58.0 Å². The summed E-state index contributed by atoms with van der Waals surface area (Å²) in [5, 5.41) is 2.10. The maximum Gasteiger partial charge on any atom is 0.186 e. The van der Waals surface area contributed by atoms with Crippen molar-refractivity contribution in [1.82, 2.24) is 0 Å². The van der Waals surface area contributed by atoms with Gasteiger partial charge in [0.05, 0.1) is 0 Å². The fourth-order valence-electron chi connectivity index (χ4n) is 3.59. The lowest BCUT2D eigenvalue weighted by atomic mass is 9.90. The van der Waals surface area contributed by atoms with E-state index in [-0.39, 0.29) is 5.78 Å². The van der Waals surface area contributed by atoms with Crippen LogP contribution in [-0.2, 0) is 4.79 Å². The molecular formula is C27H18OS2. The summed E-state index contributed by atoms with van der Waals surface area (Å²) in [6.45, 7) is 0. The maximum atomic E-state index is 12.6. The monoisotopic (exact) mass is 422 g/mol. The molecule has 144 valence electrons. The Morgan fingerprint density at radius 3 is 2.43 bits per heavy atom. The molecule has 0 unspecified atom stereocenters. The van der Waals surface area contributed by atoms with Gasteiger partial charge in [-0.15, -0.1) is 22.7 Å². The van der Waals surface area contributed by atoms with Crippen LogP contribution in [0, 0.1) is 0 Å². The van der Waals surface area contributed by atoms with E-state index >= 15 is 0 Å². The molecule has 2 heterocycles. The predicted molar refractivity (Wildman–Crippen MR) is 130 cm³/mol. The summed E-state index contributed by atoms with van der Waals surface area (Å²) in [5.74, 6) is 0.0443. The fourth-order valence-corrected chi connectivity index (χ4v) is 5.47. The molecule has 0 aliphatic heterocycles. The van der Waals surface area contributed by atoms with Gasteiger partial charge in [0.1, 0.15) is 0 Å². The second-order valence-electron chi connectivity index (χ2n) is 6.95. The second-order valence-corrected chi connectivity index (χ2v) is 8.98. The number of carbonyl (C=O) groups excluding carboxylic acids is 1. The quantitative estimate of drug-likeness (QED) is 0.310. The van der Waals surface area contributed by atoms with Gasteiger partial charge in [0.2, 0.25) is 0 Å². The van der Waals surface area contributed by atoms with E-state index in [1.165, 1.54) is 14.6 Å². The minimum Gasteiger partial charge on any atom is -0.289 e. The van der Waals surface area contributed by atoms with Crippen LogP contribution in [0.5, 0.6) is 0 Å². The Labute approximate surface area is 184 Å². The summed E-state index contributed by atoms with van der Waals surface area (Å²) in [5.41, 5.74) is 5.06. The Hall–Kier alpha value is -3.27. The first-order valence-electron chi connectivity index (χ1n) is 9.73. The molecule has 3 heteroatoms. The third-order valence-electron chi connectivity index (χ3n) is 5.07. The van der Waals surface area contributed by atoms with Gasteiger partial charge in [-0.3, -0.25) is 4.79 Å². The van der Waals surface area contributed by atoms with Crippen molar-refractivity contribution in [3.8, 4) is 9.75 Å². The third-order valence-corrected chi connectivity index (χ3v) is 7.25. The molecule has 1 nitrogen and oxygen atoms in total. The largest absolute Gasteiger partial charge is 0.289 e. The number of carbonyl (C=O) groups is 1. The van der Waals surface area contributed by atoms with Crippen LogP contribution in [0.15, 0.2) is 102 Å². The number of ketones is 1. The van der Waals surface area contributed by atoms with Gasteiger partial charge in [0, 0.05) is 20.2 Å². The highest BCUT2D eigenvalue weighted by molar-refractivity contribution is 7.21. The van der Waals surface area contributed by atoms with Crippen molar-refractivity contribution in [1.29, 1.82) is 0 Å². The van der Waals surface area contributed by atoms with Crippen molar-refractivity contribution < 1.29 is 4.79 Å². The van der Waals surface area contributed by atoms with Gasteiger partial charge in [0.15, 0.2) is 5.78 Å². The molecule has 2 aromatic heterocycles. The lowest BCUT2D eigenvalue weighted by molar-refractivity contribution is -0.109. The summed E-state index contributed by atoms with van der Waals surface area (Å²) in [7, 11) is 0. The van der Waals surface area contributed by atoms with E-state index in [1.807, 2.05) is 54.6 Å². The van der Waals surface area contributed by atoms with Gasteiger partial charge in [-0.2, -0.15) is 0 Å². The van der Waals surface area contributed by atoms with E-state index in [1.54, 1.807) is 28.7 Å². The molecule has 1 aliphatic carbocycles. The van der Waals surface area contributed by atoms with Crippen LogP contribution in [0.2, 0.25) is 0 Å². The van der Waals surface area contributed by atoms with Gasteiger partial charge < -0.3 is 0 Å². The maximum absolute atomic E-state index is 12.6. The number of allylic oxidation sites excluding steroid dienone is 4. The molecule has 0 atom stereocenters. The number of rotatable bonds is 4. The minimum atomic E-state index is 0.0443. The van der Waals surface area contributed by atoms with E-state index < -0.39 is 0 Å². The summed E-state index contributed by atoms with van der Waals surface area (Å²) in [6, 6.07) is 27.0. The zero-order valence-corrected chi connectivity index (χ0v) is 17.8. The lowest BCUT2D eigenvalue weighted by Gasteiger charge is -2.12. The zero-order chi connectivity index (χ0) is 20.3. The number of benzene rings is 2. The van der Waals surface area contributed by atoms with Crippen molar-refractivity contribution >= 4 is 45.7 Å². The van der Waals surface area contributed by atoms with Gasteiger partial charge in [0.25, 0.3) is 0 Å². The molecule has 0 saturated heterocycles. The van der Waals surface area contributed by atoms with Crippen molar-refractivity contribution in [3.63, 3.8) is 0 Å². The number of hydrogen-bond acceptors (Lipinski definition) is 3. The van der Waals surface area contributed by atoms with Crippen LogP contribution in [0.25, 0.3) is 27.0 Å². The molecule has 0 amide bonds. The number of hydrogen-bond donors (Lipinski definition) is 0. The van der Waals surface area contributed by atoms with Crippen molar-refractivity contribution in [3.05, 3.63) is 124 Å². The Kier molecular flexibility index (Phi) is 5.14. The molecule has 0 saturated carbocycles. The van der Waals surface area contributed by atoms with Crippen LogP contribution in [0.3, 0.4) is 0 Å². The van der Waals surface area contributed by atoms with E-state index in [2.05, 4.69) is 47.9 Å². The first kappa shape index (κ1) is 18.7. The van der Waals surface area contributed by atoms with E-state index in [9.17, 15) is 4.79 Å². The average Bonchev–Trinajstić information content (AvgIpc) is 3.48. The predicted octanol–water partition coefficient (Wildman–Crippen LogP) is 7.59. The van der Waals surface area contributed by atoms with Crippen LogP contribution < -0.4 is 0 Å².